The Balaban J connectivity index is 3.84. The van der Waals surface area contributed by atoms with Gasteiger partial charge in [0.25, 0.3) is 0 Å². The smallest absolute Gasteiger partial charge is 0.0799 e. The second kappa shape index (κ2) is 11.6. The standard InChI is InChI=1S/C12H25IO4/c13-7-2-1-4-10(12(17)9-15)5-3-6-11(16)8-14/h10-12,14-17H,1-9H2. The Hall–Kier alpha value is 0.570. The molecule has 4 N–H and O–H groups in total. The van der Waals surface area contributed by atoms with Crippen LogP contribution in [-0.2, 0) is 0 Å². The summed E-state index contributed by atoms with van der Waals surface area (Å²) in [5.41, 5.74) is 0. The molecular formula is C12H25IO4. The Labute approximate surface area is 117 Å². The normalized spacial score (nSPS) is 16.8. The van der Waals surface area contributed by atoms with Crippen molar-refractivity contribution in [1.29, 1.82) is 0 Å². The predicted molar refractivity (Wildman–Crippen MR) is 76.3 cm³/mol. The molecule has 0 fully saturated rings. The Morgan fingerprint density at radius 1 is 0.824 bits per heavy atom. The van der Waals surface area contributed by atoms with Crippen molar-refractivity contribution in [2.45, 2.75) is 50.7 Å². The molecule has 0 saturated heterocycles. The van der Waals surface area contributed by atoms with E-state index >= 15 is 0 Å². The van der Waals surface area contributed by atoms with E-state index in [-0.39, 0.29) is 19.1 Å². The maximum absolute atomic E-state index is 9.68. The molecule has 0 spiro atoms. The van der Waals surface area contributed by atoms with Gasteiger partial charge in [-0.1, -0.05) is 35.4 Å². The molecule has 0 bridgehead atoms. The van der Waals surface area contributed by atoms with Crippen LogP contribution in [0, 0.1) is 5.92 Å². The first-order chi connectivity index (χ1) is 8.15. The van der Waals surface area contributed by atoms with Crippen LogP contribution in [0.3, 0.4) is 0 Å². The van der Waals surface area contributed by atoms with Gasteiger partial charge in [0.15, 0.2) is 0 Å². The van der Waals surface area contributed by atoms with Gasteiger partial charge in [0.05, 0.1) is 25.4 Å². The third-order valence-corrected chi connectivity index (χ3v) is 3.78. The minimum Gasteiger partial charge on any atom is -0.394 e. The van der Waals surface area contributed by atoms with E-state index in [1.54, 1.807) is 0 Å². The van der Waals surface area contributed by atoms with Crippen molar-refractivity contribution in [2.75, 3.05) is 17.6 Å². The fraction of sp³-hybridized carbons (Fsp3) is 1.00. The summed E-state index contributed by atoms with van der Waals surface area (Å²) >= 11 is 2.33. The number of hydrogen-bond acceptors (Lipinski definition) is 4. The Bertz CT molecular complexity index is 169. The van der Waals surface area contributed by atoms with Gasteiger partial charge >= 0.3 is 0 Å². The molecule has 0 radical (unpaired) electrons. The molecule has 0 aliphatic carbocycles. The summed E-state index contributed by atoms with van der Waals surface area (Å²) in [6.45, 7) is -0.403. The molecule has 3 atom stereocenters. The lowest BCUT2D eigenvalue weighted by molar-refractivity contribution is 0.0346. The first kappa shape index (κ1) is 17.6. The molecule has 0 aliphatic heterocycles. The number of hydrogen-bond donors (Lipinski definition) is 4. The third-order valence-electron chi connectivity index (χ3n) is 3.01. The summed E-state index contributed by atoms with van der Waals surface area (Å²) in [4.78, 5) is 0. The molecule has 4 nitrogen and oxygen atoms in total. The Morgan fingerprint density at radius 2 is 1.47 bits per heavy atom. The van der Waals surface area contributed by atoms with Crippen LogP contribution in [0.25, 0.3) is 0 Å². The van der Waals surface area contributed by atoms with Crippen LogP contribution in [0.1, 0.15) is 38.5 Å². The summed E-state index contributed by atoms with van der Waals surface area (Å²) in [6, 6.07) is 0. The second-order valence-electron chi connectivity index (χ2n) is 4.46. The quantitative estimate of drug-likeness (QED) is 0.253. The second-order valence-corrected chi connectivity index (χ2v) is 5.54. The van der Waals surface area contributed by atoms with Gasteiger partial charge < -0.3 is 20.4 Å². The number of aliphatic hydroxyl groups is 4. The lowest BCUT2D eigenvalue weighted by Gasteiger charge is -2.21. The lowest BCUT2D eigenvalue weighted by atomic mass is 9.90. The number of halogens is 1. The first-order valence-corrected chi connectivity index (χ1v) is 7.82. The molecule has 0 aromatic carbocycles. The van der Waals surface area contributed by atoms with E-state index in [9.17, 15) is 10.2 Å². The van der Waals surface area contributed by atoms with E-state index in [2.05, 4.69) is 22.6 Å². The molecule has 3 unspecified atom stereocenters. The van der Waals surface area contributed by atoms with Gasteiger partial charge in [0.2, 0.25) is 0 Å². The van der Waals surface area contributed by atoms with Gasteiger partial charge in [-0.05, 0) is 36.0 Å². The molecule has 104 valence electrons. The maximum Gasteiger partial charge on any atom is 0.0799 e. The van der Waals surface area contributed by atoms with Crippen LogP contribution in [0.5, 0.6) is 0 Å². The summed E-state index contributed by atoms with van der Waals surface area (Å²) in [5.74, 6) is 0.105. The molecule has 5 heteroatoms. The van der Waals surface area contributed by atoms with Crippen molar-refractivity contribution in [1.82, 2.24) is 0 Å². The first-order valence-electron chi connectivity index (χ1n) is 6.29. The van der Waals surface area contributed by atoms with Crippen LogP contribution >= 0.6 is 22.6 Å². The van der Waals surface area contributed by atoms with E-state index < -0.39 is 12.2 Å². The van der Waals surface area contributed by atoms with Crippen LogP contribution in [0.4, 0.5) is 0 Å². The Morgan fingerprint density at radius 3 is 2.00 bits per heavy atom. The molecule has 0 saturated carbocycles. The third kappa shape index (κ3) is 9.18. The fourth-order valence-electron chi connectivity index (χ4n) is 1.89. The minimum absolute atomic E-state index is 0.105. The largest absolute Gasteiger partial charge is 0.394 e. The highest BCUT2D eigenvalue weighted by molar-refractivity contribution is 14.1. The van der Waals surface area contributed by atoms with Crippen LogP contribution < -0.4 is 0 Å². The molecule has 0 aromatic heterocycles. The SMILES string of the molecule is OCC(O)CCCC(CCCCI)C(O)CO. The van der Waals surface area contributed by atoms with Gasteiger partial charge in [-0.15, -0.1) is 0 Å². The van der Waals surface area contributed by atoms with Gasteiger partial charge in [-0.2, -0.15) is 0 Å². The van der Waals surface area contributed by atoms with E-state index in [1.165, 1.54) is 0 Å². The number of aliphatic hydroxyl groups excluding tert-OH is 4. The Kier molecular flexibility index (Phi) is 12.0. The molecular weight excluding hydrogens is 335 g/mol. The molecule has 0 aromatic rings. The maximum atomic E-state index is 9.68. The molecule has 0 rings (SSSR count). The minimum atomic E-state index is -0.657. The number of alkyl halides is 1. The highest BCUT2D eigenvalue weighted by atomic mass is 127. The van der Waals surface area contributed by atoms with Crippen molar-refractivity contribution in [3.05, 3.63) is 0 Å². The summed E-state index contributed by atoms with van der Waals surface area (Å²) < 4.78 is 1.11. The van der Waals surface area contributed by atoms with Gasteiger partial charge in [-0.3, -0.25) is 0 Å². The monoisotopic (exact) mass is 360 g/mol. The number of rotatable bonds is 11. The molecule has 0 heterocycles. The van der Waals surface area contributed by atoms with E-state index in [4.69, 9.17) is 10.2 Å². The van der Waals surface area contributed by atoms with Gasteiger partial charge in [0, 0.05) is 0 Å². The average molecular weight is 360 g/mol. The van der Waals surface area contributed by atoms with E-state index in [0.29, 0.717) is 6.42 Å². The molecule has 0 amide bonds. The highest BCUT2D eigenvalue weighted by Gasteiger charge is 2.18. The fourth-order valence-corrected chi connectivity index (χ4v) is 2.43. The van der Waals surface area contributed by atoms with E-state index in [0.717, 1.165) is 36.5 Å². The van der Waals surface area contributed by atoms with Crippen LogP contribution in [0.15, 0.2) is 0 Å². The summed E-state index contributed by atoms with van der Waals surface area (Å²) in [5, 5.41) is 36.6. The predicted octanol–water partition coefficient (Wildman–Crippen LogP) is 1.08. The zero-order valence-corrected chi connectivity index (χ0v) is 12.4. The molecule has 0 aliphatic rings. The van der Waals surface area contributed by atoms with E-state index in [1.807, 2.05) is 0 Å². The average Bonchev–Trinajstić information content (AvgIpc) is 2.35. The van der Waals surface area contributed by atoms with Crippen molar-refractivity contribution in [3.63, 3.8) is 0 Å². The zero-order valence-electron chi connectivity index (χ0n) is 10.3. The zero-order chi connectivity index (χ0) is 13.1. The topological polar surface area (TPSA) is 80.9 Å². The van der Waals surface area contributed by atoms with Crippen LogP contribution in [-0.4, -0.2) is 50.3 Å². The van der Waals surface area contributed by atoms with Crippen molar-refractivity contribution < 1.29 is 20.4 Å². The summed E-state index contributed by atoms with van der Waals surface area (Å²) in [7, 11) is 0. The molecule has 17 heavy (non-hydrogen) atoms. The van der Waals surface area contributed by atoms with Crippen molar-refractivity contribution in [2.24, 2.45) is 5.92 Å². The van der Waals surface area contributed by atoms with Crippen molar-refractivity contribution in [3.8, 4) is 0 Å². The van der Waals surface area contributed by atoms with Gasteiger partial charge in [0.1, 0.15) is 0 Å². The summed E-state index contributed by atoms with van der Waals surface area (Å²) in [6.07, 6.45) is 3.92. The number of unbranched alkanes of at least 4 members (excludes halogenated alkanes) is 1. The highest BCUT2D eigenvalue weighted by Crippen LogP contribution is 2.21. The van der Waals surface area contributed by atoms with Crippen LogP contribution in [0.2, 0.25) is 0 Å². The lowest BCUT2D eigenvalue weighted by Crippen LogP contribution is -2.25. The van der Waals surface area contributed by atoms with Gasteiger partial charge in [-0.25, -0.2) is 0 Å². The van der Waals surface area contributed by atoms with Crippen molar-refractivity contribution >= 4 is 22.6 Å².